The van der Waals surface area contributed by atoms with Crippen LogP contribution in [0.1, 0.15) is 19.8 Å². The molecular formula is C14H25N3O4. The molecule has 1 rings (SSSR count). The first-order valence-corrected chi connectivity index (χ1v) is 7.26. The van der Waals surface area contributed by atoms with Crippen LogP contribution in [-0.4, -0.2) is 56.2 Å². The molecule has 0 aromatic carbocycles. The highest BCUT2D eigenvalue weighted by atomic mass is 16.6. The second kappa shape index (κ2) is 12.3. The van der Waals surface area contributed by atoms with Gasteiger partial charge in [0.25, 0.3) is 0 Å². The van der Waals surface area contributed by atoms with Gasteiger partial charge in [0.2, 0.25) is 5.88 Å². The molecule has 7 heteroatoms. The zero-order valence-electron chi connectivity index (χ0n) is 12.6. The lowest BCUT2D eigenvalue weighted by molar-refractivity contribution is 0.00876. The van der Waals surface area contributed by atoms with Crippen LogP contribution in [0, 0.1) is 0 Å². The average molecular weight is 299 g/mol. The molecule has 2 N–H and O–H groups in total. The van der Waals surface area contributed by atoms with E-state index in [1.807, 2.05) is 0 Å². The Morgan fingerprint density at radius 3 is 2.19 bits per heavy atom. The molecule has 0 bridgehead atoms. The Kier molecular flexibility index (Phi) is 10.3. The summed E-state index contributed by atoms with van der Waals surface area (Å²) in [5.41, 5.74) is 6.06. The van der Waals surface area contributed by atoms with Crippen LogP contribution < -0.4 is 10.5 Å². The molecule has 120 valence electrons. The maximum absolute atomic E-state index is 5.64. The highest BCUT2D eigenvalue weighted by Gasteiger charge is 2.00. The highest BCUT2D eigenvalue weighted by Crippen LogP contribution is 2.13. The van der Waals surface area contributed by atoms with Gasteiger partial charge in [-0.2, -0.15) is 0 Å². The molecule has 0 aliphatic rings. The van der Waals surface area contributed by atoms with Gasteiger partial charge >= 0.3 is 0 Å². The number of nitrogens with zero attached hydrogens (tertiary/aromatic N) is 2. The Balaban J connectivity index is 1.84. The standard InChI is InChI=1S/C14H25N3O4/c1-2-3-4-18-5-6-19-7-8-20-9-10-21-14-13(15)11-16-12-17-14/h11-12H,2-10,15H2,1H3. The highest BCUT2D eigenvalue weighted by molar-refractivity contribution is 5.44. The van der Waals surface area contributed by atoms with Crippen molar-refractivity contribution in [2.24, 2.45) is 0 Å². The molecule has 1 heterocycles. The van der Waals surface area contributed by atoms with Crippen LogP contribution in [0.15, 0.2) is 12.5 Å². The number of ether oxygens (including phenoxy) is 4. The van der Waals surface area contributed by atoms with Gasteiger partial charge in [0.05, 0.1) is 39.2 Å². The van der Waals surface area contributed by atoms with Gasteiger partial charge in [0.15, 0.2) is 0 Å². The fraction of sp³-hybridized carbons (Fsp3) is 0.714. The van der Waals surface area contributed by atoms with Gasteiger partial charge < -0.3 is 24.7 Å². The molecule has 0 saturated carbocycles. The number of aromatic nitrogens is 2. The van der Waals surface area contributed by atoms with E-state index in [1.54, 1.807) is 0 Å². The largest absolute Gasteiger partial charge is 0.474 e. The first-order valence-electron chi connectivity index (χ1n) is 7.26. The SMILES string of the molecule is CCCCOCCOCCOCCOc1ncncc1N. The van der Waals surface area contributed by atoms with Crippen LogP contribution in [0.3, 0.4) is 0 Å². The predicted octanol–water partition coefficient (Wildman–Crippen LogP) is 1.29. The van der Waals surface area contributed by atoms with Crippen molar-refractivity contribution in [3.05, 3.63) is 12.5 Å². The van der Waals surface area contributed by atoms with E-state index >= 15 is 0 Å². The third-order valence-electron chi connectivity index (χ3n) is 2.55. The Labute approximate surface area is 125 Å². The van der Waals surface area contributed by atoms with E-state index in [0.29, 0.717) is 51.2 Å². The topological polar surface area (TPSA) is 88.7 Å². The molecule has 0 unspecified atom stereocenters. The molecule has 21 heavy (non-hydrogen) atoms. The minimum Gasteiger partial charge on any atom is -0.474 e. The summed E-state index contributed by atoms with van der Waals surface area (Å²) in [7, 11) is 0. The van der Waals surface area contributed by atoms with Gasteiger partial charge in [-0.25, -0.2) is 9.97 Å². The van der Waals surface area contributed by atoms with Crippen molar-refractivity contribution < 1.29 is 18.9 Å². The van der Waals surface area contributed by atoms with E-state index in [9.17, 15) is 0 Å². The van der Waals surface area contributed by atoms with Gasteiger partial charge in [0, 0.05) is 6.61 Å². The zero-order chi connectivity index (χ0) is 15.2. The third-order valence-corrected chi connectivity index (χ3v) is 2.55. The molecule has 1 aromatic heterocycles. The minimum atomic E-state index is 0.383. The molecule has 0 saturated heterocycles. The Morgan fingerprint density at radius 2 is 1.57 bits per heavy atom. The predicted molar refractivity (Wildman–Crippen MR) is 79.3 cm³/mol. The molecule has 0 spiro atoms. The lowest BCUT2D eigenvalue weighted by Crippen LogP contribution is -2.13. The summed E-state index contributed by atoms with van der Waals surface area (Å²) in [5.74, 6) is 0.383. The molecule has 0 aliphatic carbocycles. The fourth-order valence-corrected chi connectivity index (χ4v) is 1.44. The van der Waals surface area contributed by atoms with E-state index < -0.39 is 0 Å². The molecule has 0 fully saturated rings. The first-order chi connectivity index (χ1) is 10.3. The maximum Gasteiger partial charge on any atom is 0.240 e. The van der Waals surface area contributed by atoms with Crippen molar-refractivity contribution in [1.29, 1.82) is 0 Å². The van der Waals surface area contributed by atoms with Crippen molar-refractivity contribution in [3.8, 4) is 5.88 Å². The molecular weight excluding hydrogens is 274 g/mol. The number of nitrogens with two attached hydrogens (primary N) is 1. The van der Waals surface area contributed by atoms with E-state index in [2.05, 4.69) is 16.9 Å². The van der Waals surface area contributed by atoms with Gasteiger partial charge in [-0.3, -0.25) is 0 Å². The normalized spacial score (nSPS) is 10.7. The number of unbranched alkanes of at least 4 members (excludes halogenated alkanes) is 1. The second-order valence-corrected chi connectivity index (χ2v) is 4.32. The monoisotopic (exact) mass is 299 g/mol. The third kappa shape index (κ3) is 9.17. The average Bonchev–Trinajstić information content (AvgIpc) is 2.50. The van der Waals surface area contributed by atoms with E-state index in [0.717, 1.165) is 19.4 Å². The number of anilines is 1. The van der Waals surface area contributed by atoms with Crippen molar-refractivity contribution in [2.45, 2.75) is 19.8 Å². The molecule has 0 aliphatic heterocycles. The summed E-state index contributed by atoms with van der Waals surface area (Å²) in [5, 5.41) is 0. The Hall–Kier alpha value is -1.44. The van der Waals surface area contributed by atoms with Gasteiger partial charge in [-0.15, -0.1) is 0 Å². The molecule has 1 aromatic rings. The number of rotatable bonds is 13. The smallest absolute Gasteiger partial charge is 0.240 e. The zero-order valence-corrected chi connectivity index (χ0v) is 12.6. The van der Waals surface area contributed by atoms with E-state index in [-0.39, 0.29) is 0 Å². The van der Waals surface area contributed by atoms with Crippen molar-refractivity contribution in [2.75, 3.05) is 52.0 Å². The lowest BCUT2D eigenvalue weighted by Gasteiger charge is -2.08. The molecule has 7 nitrogen and oxygen atoms in total. The van der Waals surface area contributed by atoms with Crippen LogP contribution in [0.4, 0.5) is 5.69 Å². The molecule has 0 amide bonds. The molecule has 0 radical (unpaired) electrons. The van der Waals surface area contributed by atoms with Gasteiger partial charge in [0.1, 0.15) is 18.6 Å². The van der Waals surface area contributed by atoms with Crippen LogP contribution >= 0.6 is 0 Å². The van der Waals surface area contributed by atoms with Crippen LogP contribution in [0.2, 0.25) is 0 Å². The summed E-state index contributed by atoms with van der Waals surface area (Å²) in [6, 6.07) is 0. The van der Waals surface area contributed by atoms with Crippen LogP contribution in [0.25, 0.3) is 0 Å². The van der Waals surface area contributed by atoms with E-state index in [4.69, 9.17) is 24.7 Å². The second-order valence-electron chi connectivity index (χ2n) is 4.32. The lowest BCUT2D eigenvalue weighted by atomic mass is 10.4. The van der Waals surface area contributed by atoms with Crippen molar-refractivity contribution in [1.82, 2.24) is 9.97 Å². The number of nitrogen functional groups attached to an aromatic ring is 1. The molecule has 0 atom stereocenters. The number of hydrogen-bond donors (Lipinski definition) is 1. The fourth-order valence-electron chi connectivity index (χ4n) is 1.44. The Morgan fingerprint density at radius 1 is 0.952 bits per heavy atom. The quantitative estimate of drug-likeness (QED) is 0.549. The van der Waals surface area contributed by atoms with Crippen molar-refractivity contribution >= 4 is 5.69 Å². The summed E-state index contributed by atoms with van der Waals surface area (Å²) in [6.07, 6.45) is 5.14. The van der Waals surface area contributed by atoms with Crippen LogP contribution in [0.5, 0.6) is 5.88 Å². The summed E-state index contributed by atoms with van der Waals surface area (Å²) >= 11 is 0. The van der Waals surface area contributed by atoms with Crippen molar-refractivity contribution in [3.63, 3.8) is 0 Å². The van der Waals surface area contributed by atoms with Gasteiger partial charge in [-0.1, -0.05) is 13.3 Å². The summed E-state index contributed by atoms with van der Waals surface area (Å²) < 4.78 is 21.5. The first kappa shape index (κ1) is 17.6. The maximum atomic E-state index is 5.64. The van der Waals surface area contributed by atoms with Gasteiger partial charge in [-0.05, 0) is 6.42 Å². The summed E-state index contributed by atoms with van der Waals surface area (Å²) in [4.78, 5) is 7.70. The van der Waals surface area contributed by atoms with Crippen LogP contribution in [-0.2, 0) is 14.2 Å². The number of hydrogen-bond acceptors (Lipinski definition) is 7. The summed E-state index contributed by atoms with van der Waals surface area (Å²) in [6.45, 7) is 6.10. The minimum absolute atomic E-state index is 0.383. The van der Waals surface area contributed by atoms with E-state index in [1.165, 1.54) is 12.5 Å². The Bertz CT molecular complexity index is 366.